The molecule has 3 heteroatoms. The maximum absolute atomic E-state index is 4.71. The minimum Gasteiger partial charge on any atom is -0.229 e. The van der Waals surface area contributed by atoms with Crippen molar-refractivity contribution in [2.24, 2.45) is 0 Å². The highest BCUT2D eigenvalue weighted by atomic mass is 32.2. The van der Waals surface area contributed by atoms with E-state index in [1.54, 1.807) is 23.1 Å². The van der Waals surface area contributed by atoms with Crippen LogP contribution in [0.25, 0.3) is 5.57 Å². The van der Waals surface area contributed by atoms with Crippen LogP contribution in [0.2, 0.25) is 0 Å². The third kappa shape index (κ3) is 3.17. The molecule has 0 fully saturated rings. The minimum absolute atomic E-state index is 1.11. The number of aromatic nitrogens is 1. The lowest BCUT2D eigenvalue weighted by Gasteiger charge is -2.02. The molecule has 0 bridgehead atoms. The average molecular weight is 285 g/mol. The topological polar surface area (TPSA) is 12.9 Å². The van der Waals surface area contributed by atoms with Crippen LogP contribution in [-0.4, -0.2) is 4.98 Å². The van der Waals surface area contributed by atoms with E-state index in [4.69, 9.17) is 4.98 Å². The highest BCUT2D eigenvalue weighted by Crippen LogP contribution is 2.32. The van der Waals surface area contributed by atoms with Crippen LogP contribution >= 0.6 is 23.1 Å². The summed E-state index contributed by atoms with van der Waals surface area (Å²) in [5.74, 6) is 0. The average Bonchev–Trinajstić information content (AvgIpc) is 2.91. The summed E-state index contributed by atoms with van der Waals surface area (Å²) in [4.78, 5) is 5.96. The predicted molar refractivity (Wildman–Crippen MR) is 83.8 cm³/mol. The molecule has 0 amide bonds. The summed E-state index contributed by atoms with van der Waals surface area (Å²) >= 11 is 3.46. The number of hydrogen-bond donors (Lipinski definition) is 0. The van der Waals surface area contributed by atoms with Crippen LogP contribution in [0.4, 0.5) is 0 Å². The molecule has 3 rings (SSSR count). The summed E-state index contributed by atoms with van der Waals surface area (Å²) in [6.45, 7) is 2.11. The van der Waals surface area contributed by atoms with Gasteiger partial charge in [0.1, 0.15) is 0 Å². The van der Waals surface area contributed by atoms with Gasteiger partial charge >= 0.3 is 0 Å². The third-order valence-electron chi connectivity index (χ3n) is 3.00. The molecule has 19 heavy (non-hydrogen) atoms. The van der Waals surface area contributed by atoms with Crippen LogP contribution in [0.1, 0.15) is 24.1 Å². The SMILES string of the molecule is Cc1ccc(Sc2nc(C3=CCCC=C3)cs2)cc1. The second-order valence-corrected chi connectivity index (χ2v) is 6.73. The standard InChI is InChI=1S/C16H15NS2/c1-12-7-9-14(10-8-12)19-16-17-15(11-18-16)13-5-3-2-4-6-13/h3,5-11H,2,4H2,1H3. The molecule has 1 aliphatic rings. The zero-order valence-electron chi connectivity index (χ0n) is 10.8. The first-order valence-corrected chi connectivity index (χ1v) is 8.08. The monoisotopic (exact) mass is 285 g/mol. The maximum Gasteiger partial charge on any atom is 0.155 e. The van der Waals surface area contributed by atoms with E-state index in [1.165, 1.54) is 16.0 Å². The van der Waals surface area contributed by atoms with E-state index < -0.39 is 0 Å². The summed E-state index contributed by atoms with van der Waals surface area (Å²) in [5, 5.41) is 2.15. The Morgan fingerprint density at radius 2 is 2.00 bits per heavy atom. The first-order chi connectivity index (χ1) is 9.31. The molecule has 1 aromatic heterocycles. The van der Waals surface area contributed by atoms with Gasteiger partial charge in [0, 0.05) is 10.3 Å². The van der Waals surface area contributed by atoms with Crippen molar-refractivity contribution in [3.63, 3.8) is 0 Å². The van der Waals surface area contributed by atoms with Crippen LogP contribution in [0.3, 0.4) is 0 Å². The Morgan fingerprint density at radius 3 is 2.74 bits per heavy atom. The third-order valence-corrected chi connectivity index (χ3v) is 4.95. The highest BCUT2D eigenvalue weighted by Gasteiger charge is 2.07. The molecule has 0 aliphatic heterocycles. The molecule has 0 saturated heterocycles. The summed E-state index contributed by atoms with van der Waals surface area (Å²) in [6, 6.07) is 8.59. The van der Waals surface area contributed by atoms with Crippen LogP contribution in [0, 0.1) is 6.92 Å². The normalized spacial score (nSPS) is 14.5. The van der Waals surface area contributed by atoms with Crippen molar-refractivity contribution in [2.75, 3.05) is 0 Å². The fourth-order valence-corrected chi connectivity index (χ4v) is 3.74. The molecule has 1 aromatic carbocycles. The number of aryl methyl sites for hydroxylation is 1. The van der Waals surface area contributed by atoms with Crippen molar-refractivity contribution < 1.29 is 0 Å². The Balaban J connectivity index is 1.76. The lowest BCUT2D eigenvalue weighted by molar-refractivity contribution is 1.04. The van der Waals surface area contributed by atoms with Gasteiger partial charge in [-0.15, -0.1) is 11.3 Å². The molecule has 0 saturated carbocycles. The van der Waals surface area contributed by atoms with E-state index in [2.05, 4.69) is 54.8 Å². The maximum atomic E-state index is 4.71. The minimum atomic E-state index is 1.11. The van der Waals surface area contributed by atoms with Crippen LogP contribution in [-0.2, 0) is 0 Å². The van der Waals surface area contributed by atoms with E-state index in [0.717, 1.165) is 22.9 Å². The largest absolute Gasteiger partial charge is 0.229 e. The zero-order valence-corrected chi connectivity index (χ0v) is 12.4. The molecule has 0 radical (unpaired) electrons. The Morgan fingerprint density at radius 1 is 1.16 bits per heavy atom. The number of rotatable bonds is 3. The van der Waals surface area contributed by atoms with Gasteiger partial charge in [0.2, 0.25) is 0 Å². The van der Waals surface area contributed by atoms with E-state index in [-0.39, 0.29) is 0 Å². The van der Waals surface area contributed by atoms with Gasteiger partial charge in [-0.3, -0.25) is 0 Å². The van der Waals surface area contributed by atoms with Gasteiger partial charge < -0.3 is 0 Å². The molecule has 1 heterocycles. The highest BCUT2D eigenvalue weighted by molar-refractivity contribution is 8.01. The second kappa shape index (κ2) is 5.76. The summed E-state index contributed by atoms with van der Waals surface area (Å²) in [5.41, 5.74) is 3.66. The van der Waals surface area contributed by atoms with Crippen molar-refractivity contribution >= 4 is 28.7 Å². The number of allylic oxidation sites excluding steroid dienone is 4. The van der Waals surface area contributed by atoms with E-state index in [9.17, 15) is 0 Å². The van der Waals surface area contributed by atoms with Gasteiger partial charge in [0.15, 0.2) is 4.34 Å². The molecule has 0 unspecified atom stereocenters. The Hall–Kier alpha value is -1.32. The number of nitrogens with zero attached hydrogens (tertiary/aromatic N) is 1. The number of benzene rings is 1. The lowest BCUT2D eigenvalue weighted by Crippen LogP contribution is -1.85. The fraction of sp³-hybridized carbons (Fsp3) is 0.188. The smallest absolute Gasteiger partial charge is 0.155 e. The summed E-state index contributed by atoms with van der Waals surface area (Å²) in [7, 11) is 0. The van der Waals surface area contributed by atoms with Crippen LogP contribution in [0.5, 0.6) is 0 Å². The second-order valence-electron chi connectivity index (χ2n) is 4.55. The van der Waals surface area contributed by atoms with Crippen molar-refractivity contribution in [3.05, 3.63) is 59.1 Å². The molecule has 2 aromatic rings. The molecule has 0 atom stereocenters. The Kier molecular flexibility index (Phi) is 3.85. The Labute approximate surface area is 122 Å². The van der Waals surface area contributed by atoms with Gasteiger partial charge in [0.25, 0.3) is 0 Å². The van der Waals surface area contributed by atoms with E-state index in [0.29, 0.717) is 0 Å². The van der Waals surface area contributed by atoms with Gasteiger partial charge in [-0.2, -0.15) is 0 Å². The molecular formula is C16H15NS2. The quantitative estimate of drug-likeness (QED) is 0.755. The van der Waals surface area contributed by atoms with Crippen LogP contribution in [0.15, 0.2) is 57.1 Å². The number of hydrogen-bond acceptors (Lipinski definition) is 3. The van der Waals surface area contributed by atoms with Crippen LogP contribution < -0.4 is 0 Å². The van der Waals surface area contributed by atoms with Gasteiger partial charge in [-0.05, 0) is 37.5 Å². The van der Waals surface area contributed by atoms with Gasteiger partial charge in [0.05, 0.1) is 5.69 Å². The number of thiazole rings is 1. The molecule has 0 N–H and O–H groups in total. The molecule has 0 spiro atoms. The van der Waals surface area contributed by atoms with Crippen molar-refractivity contribution in [1.29, 1.82) is 0 Å². The molecule has 1 aliphatic carbocycles. The zero-order chi connectivity index (χ0) is 13.1. The lowest BCUT2D eigenvalue weighted by atomic mass is 10.1. The fourth-order valence-electron chi connectivity index (χ4n) is 1.95. The summed E-state index contributed by atoms with van der Waals surface area (Å²) in [6.07, 6.45) is 8.96. The van der Waals surface area contributed by atoms with Crippen molar-refractivity contribution in [3.8, 4) is 0 Å². The van der Waals surface area contributed by atoms with Gasteiger partial charge in [-0.1, -0.05) is 47.7 Å². The van der Waals surface area contributed by atoms with Crippen molar-refractivity contribution in [1.82, 2.24) is 4.98 Å². The molecule has 96 valence electrons. The molecule has 1 nitrogen and oxygen atoms in total. The molecular weight excluding hydrogens is 270 g/mol. The van der Waals surface area contributed by atoms with E-state index in [1.807, 2.05) is 0 Å². The van der Waals surface area contributed by atoms with Gasteiger partial charge in [-0.25, -0.2) is 4.98 Å². The summed E-state index contributed by atoms with van der Waals surface area (Å²) < 4.78 is 1.11. The van der Waals surface area contributed by atoms with Crippen molar-refractivity contribution in [2.45, 2.75) is 29.0 Å². The Bertz CT molecular complexity index is 620. The van der Waals surface area contributed by atoms with E-state index >= 15 is 0 Å². The first-order valence-electron chi connectivity index (χ1n) is 6.38. The first kappa shape index (κ1) is 12.7. The predicted octanol–water partition coefficient (Wildman–Crippen LogP) is 5.34.